The summed E-state index contributed by atoms with van der Waals surface area (Å²) in [5.41, 5.74) is 2.86. The van der Waals surface area contributed by atoms with E-state index in [2.05, 4.69) is 4.74 Å². The number of amides is 1. The number of benzene rings is 2. The molecule has 0 saturated carbocycles. The Kier molecular flexibility index (Phi) is 6.58. The van der Waals surface area contributed by atoms with Crippen molar-refractivity contribution < 1.29 is 19.1 Å². The van der Waals surface area contributed by atoms with Gasteiger partial charge >= 0.3 is 5.97 Å². The molecular weight excluding hydrogens is 354 g/mol. The summed E-state index contributed by atoms with van der Waals surface area (Å²) in [6.07, 6.45) is 1.77. The van der Waals surface area contributed by atoms with Crippen molar-refractivity contribution in [3.8, 4) is 11.1 Å². The van der Waals surface area contributed by atoms with E-state index in [9.17, 15) is 14.4 Å². The molecule has 0 spiro atoms. The van der Waals surface area contributed by atoms with Crippen LogP contribution in [0, 0.1) is 5.92 Å². The van der Waals surface area contributed by atoms with E-state index in [-0.39, 0.29) is 30.4 Å². The highest BCUT2D eigenvalue weighted by Gasteiger charge is 2.29. The van der Waals surface area contributed by atoms with Crippen LogP contribution in [0.15, 0.2) is 54.6 Å². The van der Waals surface area contributed by atoms with E-state index in [0.29, 0.717) is 18.7 Å². The number of hydrogen-bond acceptors (Lipinski definition) is 4. The first-order chi connectivity index (χ1) is 13.6. The number of nitrogens with zero attached hydrogens (tertiary/aromatic N) is 1. The number of carbonyl (C=O) groups is 3. The largest absolute Gasteiger partial charge is 0.469 e. The minimum atomic E-state index is -0.392. The van der Waals surface area contributed by atoms with E-state index in [0.717, 1.165) is 24.0 Å². The molecule has 0 aromatic heterocycles. The van der Waals surface area contributed by atoms with Gasteiger partial charge in [0.05, 0.1) is 13.5 Å². The Hall–Kier alpha value is -2.95. The molecule has 146 valence electrons. The molecule has 1 saturated heterocycles. The first kappa shape index (κ1) is 19.8. The molecule has 1 atom stereocenters. The fourth-order valence-corrected chi connectivity index (χ4v) is 3.58. The van der Waals surface area contributed by atoms with Gasteiger partial charge in [0.1, 0.15) is 0 Å². The molecule has 1 aliphatic rings. The molecule has 0 aliphatic carbocycles. The third-order valence-electron chi connectivity index (χ3n) is 5.19. The number of piperidine rings is 1. The van der Waals surface area contributed by atoms with Crippen LogP contribution >= 0.6 is 0 Å². The lowest BCUT2D eigenvalue weighted by Crippen LogP contribution is -2.42. The lowest BCUT2D eigenvalue weighted by molar-refractivity contribution is -0.144. The average molecular weight is 379 g/mol. The van der Waals surface area contributed by atoms with Gasteiger partial charge in [-0.25, -0.2) is 0 Å². The SMILES string of the molecule is COC(=O)CCC(=O)N1CCCC(C(=O)c2ccc(-c3ccccc3)cc2)C1. The summed E-state index contributed by atoms with van der Waals surface area (Å²) < 4.78 is 4.58. The van der Waals surface area contributed by atoms with Gasteiger partial charge in [0.25, 0.3) is 0 Å². The highest BCUT2D eigenvalue weighted by atomic mass is 16.5. The Labute approximate surface area is 165 Å². The van der Waals surface area contributed by atoms with E-state index in [1.54, 1.807) is 4.90 Å². The normalized spacial score (nSPS) is 16.5. The number of carbonyl (C=O) groups excluding carboxylic acids is 3. The van der Waals surface area contributed by atoms with Crippen molar-refractivity contribution in [2.45, 2.75) is 25.7 Å². The highest BCUT2D eigenvalue weighted by molar-refractivity contribution is 5.98. The standard InChI is InChI=1S/C23H25NO4/c1-28-22(26)14-13-21(25)24-15-5-8-20(16-24)23(27)19-11-9-18(10-12-19)17-6-3-2-4-7-17/h2-4,6-7,9-12,20H,5,8,13-16H2,1H3. The molecule has 2 aromatic rings. The molecule has 5 heteroatoms. The van der Waals surface area contributed by atoms with Gasteiger partial charge in [-0.1, -0.05) is 54.6 Å². The summed E-state index contributed by atoms with van der Waals surface area (Å²) >= 11 is 0. The van der Waals surface area contributed by atoms with Gasteiger partial charge in [-0.3, -0.25) is 14.4 Å². The van der Waals surface area contributed by atoms with Crippen molar-refractivity contribution in [3.63, 3.8) is 0 Å². The first-order valence-electron chi connectivity index (χ1n) is 9.63. The number of likely N-dealkylation sites (tertiary alicyclic amines) is 1. The Balaban J connectivity index is 1.62. The predicted octanol–water partition coefficient (Wildman–Crippen LogP) is 3.73. The third kappa shape index (κ3) is 4.85. The van der Waals surface area contributed by atoms with E-state index < -0.39 is 5.97 Å². The zero-order chi connectivity index (χ0) is 19.9. The van der Waals surface area contributed by atoms with Crippen LogP contribution in [-0.2, 0) is 14.3 Å². The molecule has 5 nitrogen and oxygen atoms in total. The van der Waals surface area contributed by atoms with Gasteiger partial charge in [-0.15, -0.1) is 0 Å². The van der Waals surface area contributed by atoms with Gasteiger partial charge in [-0.2, -0.15) is 0 Å². The minimum absolute atomic E-state index is 0.0741. The number of rotatable bonds is 6. The van der Waals surface area contributed by atoms with Crippen molar-refractivity contribution >= 4 is 17.7 Å². The maximum atomic E-state index is 12.9. The number of methoxy groups -OCH3 is 1. The highest BCUT2D eigenvalue weighted by Crippen LogP contribution is 2.24. The van der Waals surface area contributed by atoms with Crippen molar-refractivity contribution in [2.24, 2.45) is 5.92 Å². The molecule has 1 unspecified atom stereocenters. The van der Waals surface area contributed by atoms with Crippen LogP contribution in [0.25, 0.3) is 11.1 Å². The lowest BCUT2D eigenvalue weighted by Gasteiger charge is -2.32. The van der Waals surface area contributed by atoms with Crippen LogP contribution in [0.4, 0.5) is 0 Å². The molecule has 1 amide bonds. The molecule has 28 heavy (non-hydrogen) atoms. The van der Waals surface area contributed by atoms with Gasteiger partial charge in [0.2, 0.25) is 5.91 Å². The molecule has 1 aliphatic heterocycles. The molecule has 0 bridgehead atoms. The number of Topliss-reactive ketones (excluding diaryl/α,β-unsaturated/α-hetero) is 1. The average Bonchev–Trinajstić information content (AvgIpc) is 2.77. The number of hydrogen-bond donors (Lipinski definition) is 0. The fraction of sp³-hybridized carbons (Fsp3) is 0.348. The topological polar surface area (TPSA) is 63.7 Å². The number of ketones is 1. The second-order valence-electron chi connectivity index (χ2n) is 7.06. The maximum absolute atomic E-state index is 12.9. The zero-order valence-corrected chi connectivity index (χ0v) is 16.1. The minimum Gasteiger partial charge on any atom is -0.469 e. The van der Waals surface area contributed by atoms with Crippen LogP contribution in [-0.4, -0.2) is 42.8 Å². The third-order valence-corrected chi connectivity index (χ3v) is 5.19. The van der Waals surface area contributed by atoms with Crippen LogP contribution in [0.3, 0.4) is 0 Å². The quantitative estimate of drug-likeness (QED) is 0.567. The van der Waals surface area contributed by atoms with Crippen molar-refractivity contribution in [2.75, 3.05) is 20.2 Å². The van der Waals surface area contributed by atoms with Crippen LogP contribution < -0.4 is 0 Å². The van der Waals surface area contributed by atoms with Gasteiger partial charge < -0.3 is 9.64 Å². The smallest absolute Gasteiger partial charge is 0.306 e. The summed E-state index contributed by atoms with van der Waals surface area (Å²) in [7, 11) is 1.31. The van der Waals surface area contributed by atoms with Crippen LogP contribution in [0.2, 0.25) is 0 Å². The summed E-state index contributed by atoms with van der Waals surface area (Å²) in [5.74, 6) is -0.609. The summed E-state index contributed by atoms with van der Waals surface area (Å²) in [4.78, 5) is 38.2. The molecule has 1 heterocycles. The van der Waals surface area contributed by atoms with Crippen LogP contribution in [0.5, 0.6) is 0 Å². The second-order valence-corrected chi connectivity index (χ2v) is 7.06. The van der Waals surface area contributed by atoms with Crippen molar-refractivity contribution in [1.82, 2.24) is 4.90 Å². The van der Waals surface area contributed by atoms with Crippen LogP contribution in [0.1, 0.15) is 36.0 Å². The maximum Gasteiger partial charge on any atom is 0.306 e. The van der Waals surface area contributed by atoms with E-state index in [1.807, 2.05) is 54.6 Å². The predicted molar refractivity (Wildman–Crippen MR) is 107 cm³/mol. The Bertz CT molecular complexity index is 829. The number of ether oxygens (including phenoxy) is 1. The first-order valence-corrected chi connectivity index (χ1v) is 9.63. The second kappa shape index (κ2) is 9.31. The Morgan fingerprint density at radius 1 is 0.964 bits per heavy atom. The van der Waals surface area contributed by atoms with Gasteiger partial charge in [0.15, 0.2) is 5.78 Å². The van der Waals surface area contributed by atoms with E-state index in [1.165, 1.54) is 7.11 Å². The Morgan fingerprint density at radius 2 is 1.64 bits per heavy atom. The molecule has 0 radical (unpaired) electrons. The fourth-order valence-electron chi connectivity index (χ4n) is 3.58. The van der Waals surface area contributed by atoms with Crippen molar-refractivity contribution in [1.29, 1.82) is 0 Å². The molecule has 3 rings (SSSR count). The van der Waals surface area contributed by atoms with Gasteiger partial charge in [0, 0.05) is 31.0 Å². The van der Waals surface area contributed by atoms with Crippen molar-refractivity contribution in [3.05, 3.63) is 60.2 Å². The van der Waals surface area contributed by atoms with E-state index >= 15 is 0 Å². The summed E-state index contributed by atoms with van der Waals surface area (Å²) in [6, 6.07) is 17.7. The monoisotopic (exact) mass is 379 g/mol. The zero-order valence-electron chi connectivity index (χ0n) is 16.1. The summed E-state index contributed by atoms with van der Waals surface area (Å²) in [6.45, 7) is 1.05. The Morgan fingerprint density at radius 3 is 2.32 bits per heavy atom. The van der Waals surface area contributed by atoms with E-state index in [4.69, 9.17) is 0 Å². The lowest BCUT2D eigenvalue weighted by atomic mass is 9.89. The molecule has 0 N–H and O–H groups in total. The molecule has 1 fully saturated rings. The molecular formula is C23H25NO4. The van der Waals surface area contributed by atoms with Gasteiger partial charge in [-0.05, 0) is 24.0 Å². The summed E-state index contributed by atoms with van der Waals surface area (Å²) in [5, 5.41) is 0. The number of esters is 1. The molecule has 2 aromatic carbocycles.